The Kier molecular flexibility index (Phi) is 5.69. The van der Waals surface area contributed by atoms with Gasteiger partial charge in [-0.25, -0.2) is 0 Å². The molecule has 0 aliphatic rings. The summed E-state index contributed by atoms with van der Waals surface area (Å²) in [5.74, 6) is -0.670. The summed E-state index contributed by atoms with van der Waals surface area (Å²) in [7, 11) is 0. The number of nitrogens with one attached hydrogen (secondary N) is 2. The zero-order valence-electron chi connectivity index (χ0n) is 14.6. The fourth-order valence-electron chi connectivity index (χ4n) is 3.11. The number of primary amides is 1. The summed E-state index contributed by atoms with van der Waals surface area (Å²) in [5.41, 5.74) is 8.67. The molecule has 5 heteroatoms. The smallest absolute Gasteiger partial charge is 0.240 e. The molecule has 1 heterocycles. The van der Waals surface area contributed by atoms with Crippen LogP contribution in [0.5, 0.6) is 0 Å². The van der Waals surface area contributed by atoms with Gasteiger partial charge in [0.1, 0.15) is 6.04 Å². The molecule has 0 radical (unpaired) electrons. The van der Waals surface area contributed by atoms with Crippen molar-refractivity contribution in [2.24, 2.45) is 5.73 Å². The minimum atomic E-state index is -0.710. The Hall–Kier alpha value is -3.08. The number of H-pyrrole nitrogens is 1. The number of aromatic amines is 1. The van der Waals surface area contributed by atoms with Crippen molar-refractivity contribution in [1.29, 1.82) is 0 Å². The third-order valence-corrected chi connectivity index (χ3v) is 4.49. The summed E-state index contributed by atoms with van der Waals surface area (Å²) in [4.78, 5) is 27.2. The van der Waals surface area contributed by atoms with E-state index >= 15 is 0 Å². The van der Waals surface area contributed by atoms with Gasteiger partial charge in [-0.1, -0.05) is 48.5 Å². The Bertz CT molecular complexity index is 886. The van der Waals surface area contributed by atoms with Gasteiger partial charge in [-0.15, -0.1) is 0 Å². The van der Waals surface area contributed by atoms with Crippen LogP contribution >= 0.6 is 0 Å². The number of carbonyl (C=O) groups excluding carboxylic acids is 2. The standard InChI is InChI=1S/C21H23N3O2/c22-21(26)19(13-16-14-23-18-11-5-4-10-17(16)18)24-20(25)12-6-9-15-7-2-1-3-8-15/h1-5,7-8,10-11,14,19,23H,6,9,12-13H2,(H2,22,26)(H,24,25)/t19-/m0/s1. The molecule has 5 nitrogen and oxygen atoms in total. The molecule has 0 unspecified atom stereocenters. The van der Waals surface area contributed by atoms with Crippen LogP contribution in [0.3, 0.4) is 0 Å². The van der Waals surface area contributed by atoms with Gasteiger partial charge in [0.2, 0.25) is 11.8 Å². The minimum Gasteiger partial charge on any atom is -0.368 e. The van der Waals surface area contributed by atoms with E-state index in [0.29, 0.717) is 12.8 Å². The van der Waals surface area contributed by atoms with Gasteiger partial charge in [-0.05, 0) is 30.0 Å². The second-order valence-corrected chi connectivity index (χ2v) is 6.43. The Morgan fingerprint density at radius 1 is 1.04 bits per heavy atom. The van der Waals surface area contributed by atoms with Gasteiger partial charge in [-0.2, -0.15) is 0 Å². The molecule has 0 aliphatic carbocycles. The molecule has 1 atom stereocenters. The number of amides is 2. The van der Waals surface area contributed by atoms with Crippen LogP contribution in [-0.2, 0) is 22.4 Å². The monoisotopic (exact) mass is 349 g/mol. The first-order valence-electron chi connectivity index (χ1n) is 8.81. The van der Waals surface area contributed by atoms with Crippen molar-refractivity contribution < 1.29 is 9.59 Å². The maximum absolute atomic E-state index is 12.2. The molecule has 2 aromatic carbocycles. The first-order valence-corrected chi connectivity index (χ1v) is 8.81. The summed E-state index contributed by atoms with van der Waals surface area (Å²) in [6, 6.07) is 17.2. The molecule has 0 bridgehead atoms. The fraction of sp³-hybridized carbons (Fsp3) is 0.238. The molecule has 0 saturated heterocycles. The molecule has 3 rings (SSSR count). The van der Waals surface area contributed by atoms with Gasteiger partial charge in [0.15, 0.2) is 0 Å². The second-order valence-electron chi connectivity index (χ2n) is 6.43. The van der Waals surface area contributed by atoms with E-state index in [1.54, 1.807) is 0 Å². The highest BCUT2D eigenvalue weighted by Crippen LogP contribution is 2.19. The van der Waals surface area contributed by atoms with Crippen molar-refractivity contribution in [2.75, 3.05) is 0 Å². The van der Waals surface area contributed by atoms with Crippen molar-refractivity contribution >= 4 is 22.7 Å². The number of aryl methyl sites for hydroxylation is 1. The van der Waals surface area contributed by atoms with E-state index in [9.17, 15) is 9.59 Å². The molecule has 0 fully saturated rings. The quantitative estimate of drug-likeness (QED) is 0.584. The number of hydrogen-bond donors (Lipinski definition) is 3. The number of fused-ring (bicyclic) bond motifs is 1. The highest BCUT2D eigenvalue weighted by molar-refractivity contribution is 5.88. The summed E-state index contributed by atoms with van der Waals surface area (Å²) in [6.45, 7) is 0. The van der Waals surface area contributed by atoms with E-state index in [-0.39, 0.29) is 5.91 Å². The number of hydrogen-bond acceptors (Lipinski definition) is 2. The Labute approximate surface area is 152 Å². The van der Waals surface area contributed by atoms with Crippen LogP contribution in [-0.4, -0.2) is 22.8 Å². The maximum Gasteiger partial charge on any atom is 0.240 e. The van der Waals surface area contributed by atoms with Crippen molar-refractivity contribution in [3.63, 3.8) is 0 Å². The number of aromatic nitrogens is 1. The molecule has 0 saturated carbocycles. The summed E-state index contributed by atoms with van der Waals surface area (Å²) < 4.78 is 0. The molecule has 1 aromatic heterocycles. The van der Waals surface area contributed by atoms with Crippen LogP contribution in [0.4, 0.5) is 0 Å². The van der Waals surface area contributed by atoms with Crippen LogP contribution in [0, 0.1) is 0 Å². The zero-order valence-corrected chi connectivity index (χ0v) is 14.6. The number of para-hydroxylation sites is 1. The van der Waals surface area contributed by atoms with Gasteiger partial charge in [0.05, 0.1) is 0 Å². The van der Waals surface area contributed by atoms with E-state index in [1.807, 2.05) is 60.8 Å². The molecule has 3 aromatic rings. The Morgan fingerprint density at radius 3 is 2.54 bits per heavy atom. The lowest BCUT2D eigenvalue weighted by molar-refractivity contribution is -0.127. The highest BCUT2D eigenvalue weighted by Gasteiger charge is 2.20. The van der Waals surface area contributed by atoms with Gasteiger partial charge in [0.25, 0.3) is 0 Å². The number of rotatable bonds is 8. The predicted octanol–water partition coefficient (Wildman–Crippen LogP) is 2.70. The van der Waals surface area contributed by atoms with E-state index in [4.69, 9.17) is 5.73 Å². The molecule has 4 N–H and O–H groups in total. The topological polar surface area (TPSA) is 88.0 Å². The summed E-state index contributed by atoms with van der Waals surface area (Å²) in [6.07, 6.45) is 4.17. The lowest BCUT2D eigenvalue weighted by atomic mass is 10.0. The Balaban J connectivity index is 1.56. The first-order chi connectivity index (χ1) is 12.6. The van der Waals surface area contributed by atoms with Crippen LogP contribution in [0.15, 0.2) is 60.8 Å². The minimum absolute atomic E-state index is 0.149. The van der Waals surface area contributed by atoms with Crippen LogP contribution < -0.4 is 11.1 Å². The Morgan fingerprint density at radius 2 is 1.77 bits per heavy atom. The van der Waals surface area contributed by atoms with Crippen LogP contribution in [0.25, 0.3) is 10.9 Å². The molecule has 0 spiro atoms. The normalized spacial score (nSPS) is 12.0. The molecule has 26 heavy (non-hydrogen) atoms. The number of nitrogens with two attached hydrogens (primary N) is 1. The van der Waals surface area contributed by atoms with E-state index in [2.05, 4.69) is 10.3 Å². The molecular formula is C21H23N3O2. The van der Waals surface area contributed by atoms with Gasteiger partial charge in [-0.3, -0.25) is 9.59 Å². The van der Waals surface area contributed by atoms with Gasteiger partial charge in [0, 0.05) is 29.9 Å². The molecule has 134 valence electrons. The third kappa shape index (κ3) is 4.51. The zero-order chi connectivity index (χ0) is 18.4. The third-order valence-electron chi connectivity index (χ3n) is 4.49. The largest absolute Gasteiger partial charge is 0.368 e. The van der Waals surface area contributed by atoms with Crippen molar-refractivity contribution in [3.05, 3.63) is 71.9 Å². The average molecular weight is 349 g/mol. The second kappa shape index (κ2) is 8.34. The SMILES string of the molecule is NC(=O)[C@H](Cc1c[nH]c2ccccc12)NC(=O)CCCc1ccccc1. The molecule has 2 amide bonds. The summed E-state index contributed by atoms with van der Waals surface area (Å²) in [5, 5.41) is 3.82. The lowest BCUT2D eigenvalue weighted by Crippen LogP contribution is -2.45. The van der Waals surface area contributed by atoms with Crippen LogP contribution in [0.1, 0.15) is 24.0 Å². The van der Waals surface area contributed by atoms with Gasteiger partial charge < -0.3 is 16.0 Å². The fourth-order valence-corrected chi connectivity index (χ4v) is 3.11. The van der Waals surface area contributed by atoms with Crippen molar-refractivity contribution in [2.45, 2.75) is 31.7 Å². The number of benzene rings is 2. The van der Waals surface area contributed by atoms with E-state index < -0.39 is 11.9 Å². The molecule has 0 aliphatic heterocycles. The van der Waals surface area contributed by atoms with E-state index in [1.165, 1.54) is 5.56 Å². The highest BCUT2D eigenvalue weighted by atomic mass is 16.2. The molecular weight excluding hydrogens is 326 g/mol. The van der Waals surface area contributed by atoms with E-state index in [0.717, 1.165) is 29.3 Å². The van der Waals surface area contributed by atoms with Gasteiger partial charge >= 0.3 is 0 Å². The number of carbonyl (C=O) groups is 2. The first kappa shape index (κ1) is 17.7. The van der Waals surface area contributed by atoms with Crippen molar-refractivity contribution in [3.8, 4) is 0 Å². The lowest BCUT2D eigenvalue weighted by Gasteiger charge is -2.15. The average Bonchev–Trinajstić information content (AvgIpc) is 3.05. The van der Waals surface area contributed by atoms with Crippen molar-refractivity contribution in [1.82, 2.24) is 10.3 Å². The predicted molar refractivity (Wildman–Crippen MR) is 103 cm³/mol. The van der Waals surface area contributed by atoms with Crippen LogP contribution in [0.2, 0.25) is 0 Å². The maximum atomic E-state index is 12.2. The summed E-state index contributed by atoms with van der Waals surface area (Å²) >= 11 is 0.